The van der Waals surface area contributed by atoms with Crippen LogP contribution in [-0.2, 0) is 6.54 Å². The van der Waals surface area contributed by atoms with Gasteiger partial charge in [-0.05, 0) is 32.5 Å². The molecule has 1 N–H and O–H groups in total. The van der Waals surface area contributed by atoms with Gasteiger partial charge >= 0.3 is 0 Å². The largest absolute Gasteiger partial charge is 0.315 e. The van der Waals surface area contributed by atoms with Crippen LogP contribution in [0.1, 0.15) is 16.1 Å². The van der Waals surface area contributed by atoms with Crippen molar-refractivity contribution in [2.45, 2.75) is 20.4 Å². The predicted molar refractivity (Wildman–Crippen MR) is 67.6 cm³/mol. The van der Waals surface area contributed by atoms with Gasteiger partial charge in [0.05, 0.1) is 5.69 Å². The molecule has 0 saturated heterocycles. The zero-order chi connectivity index (χ0) is 11.5. The molecule has 2 heterocycles. The Balaban J connectivity index is 2.42. The van der Waals surface area contributed by atoms with Gasteiger partial charge in [0.15, 0.2) is 0 Å². The van der Waals surface area contributed by atoms with Gasteiger partial charge in [-0.15, -0.1) is 11.3 Å². The molecule has 2 aromatic heterocycles. The molecule has 0 radical (unpaired) electrons. The molecule has 2 rings (SSSR count). The van der Waals surface area contributed by atoms with Crippen LogP contribution in [0.4, 0.5) is 0 Å². The van der Waals surface area contributed by atoms with Crippen LogP contribution in [0.3, 0.4) is 0 Å². The maximum Gasteiger partial charge on any atom is 0.142 e. The van der Waals surface area contributed by atoms with Crippen molar-refractivity contribution in [3.63, 3.8) is 0 Å². The Morgan fingerprint density at radius 1 is 1.38 bits per heavy atom. The number of nitrogens with one attached hydrogen (secondary N) is 1. The third kappa shape index (κ3) is 2.13. The Hall–Kier alpha value is -1.26. The van der Waals surface area contributed by atoms with Gasteiger partial charge in [-0.25, -0.2) is 4.98 Å². The molecule has 0 saturated carbocycles. The predicted octanol–water partition coefficient (Wildman–Crippen LogP) is 2.54. The maximum absolute atomic E-state index is 4.58. The van der Waals surface area contributed by atoms with Gasteiger partial charge in [-0.3, -0.25) is 4.98 Å². The molecule has 2 aromatic rings. The highest BCUT2D eigenvalue weighted by Gasteiger charge is 2.11. The Bertz CT molecular complexity index is 491. The molecule has 16 heavy (non-hydrogen) atoms. The summed E-state index contributed by atoms with van der Waals surface area (Å²) in [6.07, 6.45) is 1.82. The number of nitrogens with zero attached hydrogens (tertiary/aromatic N) is 2. The third-order valence-corrected chi connectivity index (χ3v) is 3.61. The highest BCUT2D eigenvalue weighted by molar-refractivity contribution is 7.15. The van der Waals surface area contributed by atoms with E-state index in [9.17, 15) is 0 Å². The van der Waals surface area contributed by atoms with E-state index in [1.54, 1.807) is 11.3 Å². The lowest BCUT2D eigenvalue weighted by Gasteiger charge is -1.98. The SMILES string of the molecule is CNCc1sc(-c2ncccc2C)nc1C. The second-order valence-electron chi connectivity index (χ2n) is 3.73. The highest BCUT2D eigenvalue weighted by Crippen LogP contribution is 2.28. The van der Waals surface area contributed by atoms with E-state index < -0.39 is 0 Å². The van der Waals surface area contributed by atoms with Gasteiger partial charge < -0.3 is 5.32 Å². The van der Waals surface area contributed by atoms with Crippen molar-refractivity contribution in [2.75, 3.05) is 7.05 Å². The Morgan fingerprint density at radius 3 is 2.88 bits per heavy atom. The topological polar surface area (TPSA) is 37.8 Å². The molecule has 0 atom stereocenters. The molecule has 4 heteroatoms. The Labute approximate surface area is 99.6 Å². The summed E-state index contributed by atoms with van der Waals surface area (Å²) in [7, 11) is 1.95. The van der Waals surface area contributed by atoms with Crippen molar-refractivity contribution in [3.05, 3.63) is 34.5 Å². The van der Waals surface area contributed by atoms with Crippen molar-refractivity contribution in [2.24, 2.45) is 0 Å². The third-order valence-electron chi connectivity index (χ3n) is 2.44. The van der Waals surface area contributed by atoms with E-state index in [4.69, 9.17) is 0 Å². The zero-order valence-electron chi connectivity index (χ0n) is 9.74. The zero-order valence-corrected chi connectivity index (χ0v) is 10.6. The van der Waals surface area contributed by atoms with Crippen LogP contribution in [0.15, 0.2) is 18.3 Å². The number of aryl methyl sites for hydroxylation is 2. The van der Waals surface area contributed by atoms with Crippen LogP contribution in [0.2, 0.25) is 0 Å². The number of aromatic nitrogens is 2. The quantitative estimate of drug-likeness (QED) is 0.885. The number of rotatable bonds is 3. The minimum atomic E-state index is 0.870. The summed E-state index contributed by atoms with van der Waals surface area (Å²) < 4.78 is 0. The van der Waals surface area contributed by atoms with Crippen molar-refractivity contribution in [3.8, 4) is 10.7 Å². The van der Waals surface area contributed by atoms with Crippen LogP contribution in [0, 0.1) is 13.8 Å². The average Bonchev–Trinajstić information content (AvgIpc) is 2.61. The molecule has 0 spiro atoms. The van der Waals surface area contributed by atoms with Crippen LogP contribution < -0.4 is 5.32 Å². The van der Waals surface area contributed by atoms with Gasteiger partial charge in [0.2, 0.25) is 0 Å². The molecule has 0 aromatic carbocycles. The lowest BCUT2D eigenvalue weighted by Crippen LogP contribution is -2.04. The molecular weight excluding hydrogens is 218 g/mol. The first-order valence-corrected chi connectivity index (χ1v) is 6.07. The van der Waals surface area contributed by atoms with Crippen LogP contribution in [0.25, 0.3) is 10.7 Å². The lowest BCUT2D eigenvalue weighted by atomic mass is 10.2. The van der Waals surface area contributed by atoms with E-state index in [0.29, 0.717) is 0 Å². The van der Waals surface area contributed by atoms with Crippen molar-refractivity contribution >= 4 is 11.3 Å². The first kappa shape index (κ1) is 11.2. The molecule has 84 valence electrons. The second kappa shape index (κ2) is 4.72. The summed E-state index contributed by atoms with van der Waals surface area (Å²) in [6.45, 7) is 4.98. The smallest absolute Gasteiger partial charge is 0.142 e. The average molecular weight is 233 g/mol. The first-order chi connectivity index (χ1) is 7.72. The van der Waals surface area contributed by atoms with Gasteiger partial charge in [-0.2, -0.15) is 0 Å². The molecule has 0 aliphatic heterocycles. The summed E-state index contributed by atoms with van der Waals surface area (Å²) in [5, 5.41) is 4.17. The van der Waals surface area contributed by atoms with Crippen LogP contribution in [-0.4, -0.2) is 17.0 Å². The van der Waals surface area contributed by atoms with Crippen LogP contribution in [0.5, 0.6) is 0 Å². The highest BCUT2D eigenvalue weighted by atomic mass is 32.1. The van der Waals surface area contributed by atoms with E-state index >= 15 is 0 Å². The van der Waals surface area contributed by atoms with E-state index in [0.717, 1.165) is 22.9 Å². The molecule has 0 aliphatic carbocycles. The Morgan fingerprint density at radius 2 is 2.19 bits per heavy atom. The standard InChI is InChI=1S/C12H15N3S/c1-8-5-4-6-14-11(8)12-15-9(2)10(16-12)7-13-3/h4-6,13H,7H2,1-3H3. The molecule has 0 aliphatic rings. The van der Waals surface area contributed by atoms with Gasteiger partial charge in [0.25, 0.3) is 0 Å². The van der Waals surface area contributed by atoms with E-state index in [-0.39, 0.29) is 0 Å². The first-order valence-electron chi connectivity index (χ1n) is 5.25. The molecule has 0 unspecified atom stereocenters. The molecule has 0 fully saturated rings. The van der Waals surface area contributed by atoms with E-state index in [1.165, 1.54) is 10.4 Å². The van der Waals surface area contributed by atoms with Crippen molar-refractivity contribution in [1.29, 1.82) is 0 Å². The fourth-order valence-electron chi connectivity index (χ4n) is 1.56. The monoisotopic (exact) mass is 233 g/mol. The number of pyridine rings is 1. The fourth-order valence-corrected chi connectivity index (χ4v) is 2.70. The second-order valence-corrected chi connectivity index (χ2v) is 4.81. The van der Waals surface area contributed by atoms with Gasteiger partial charge in [-0.1, -0.05) is 6.07 Å². The minimum Gasteiger partial charge on any atom is -0.315 e. The molecule has 3 nitrogen and oxygen atoms in total. The number of hydrogen-bond acceptors (Lipinski definition) is 4. The van der Waals surface area contributed by atoms with Crippen molar-refractivity contribution < 1.29 is 0 Å². The minimum absolute atomic E-state index is 0.870. The maximum atomic E-state index is 4.58. The van der Waals surface area contributed by atoms with Crippen LogP contribution >= 0.6 is 11.3 Å². The number of thiazole rings is 1. The summed E-state index contributed by atoms with van der Waals surface area (Å²) in [5.74, 6) is 0. The summed E-state index contributed by atoms with van der Waals surface area (Å²) >= 11 is 1.72. The van der Waals surface area contributed by atoms with E-state index in [2.05, 4.69) is 28.3 Å². The molecular formula is C12H15N3S. The number of hydrogen-bond donors (Lipinski definition) is 1. The Kier molecular flexibility index (Phi) is 3.31. The molecule has 0 bridgehead atoms. The summed E-state index contributed by atoms with van der Waals surface area (Å²) in [5.41, 5.74) is 3.27. The molecule has 0 amide bonds. The van der Waals surface area contributed by atoms with Gasteiger partial charge in [0.1, 0.15) is 10.7 Å². The van der Waals surface area contributed by atoms with E-state index in [1.807, 2.05) is 26.2 Å². The normalized spacial score (nSPS) is 10.7. The summed E-state index contributed by atoms with van der Waals surface area (Å²) in [6, 6.07) is 4.02. The lowest BCUT2D eigenvalue weighted by molar-refractivity contribution is 0.823. The van der Waals surface area contributed by atoms with Gasteiger partial charge in [0, 0.05) is 17.6 Å². The van der Waals surface area contributed by atoms with Crippen molar-refractivity contribution in [1.82, 2.24) is 15.3 Å². The summed E-state index contributed by atoms with van der Waals surface area (Å²) in [4.78, 5) is 10.2. The fraction of sp³-hybridized carbons (Fsp3) is 0.333.